The van der Waals surface area contributed by atoms with Crippen molar-refractivity contribution in [2.75, 3.05) is 5.32 Å². The molecule has 0 aromatic carbocycles. The fourth-order valence-electron chi connectivity index (χ4n) is 2.77. The summed E-state index contributed by atoms with van der Waals surface area (Å²) in [4.78, 5) is 12.0. The second-order valence-corrected chi connectivity index (χ2v) is 5.36. The van der Waals surface area contributed by atoms with Gasteiger partial charge in [-0.1, -0.05) is 12.8 Å². The molecule has 2 aromatic heterocycles. The number of nitrogens with zero attached hydrogens (tertiary/aromatic N) is 3. The highest BCUT2D eigenvalue weighted by Gasteiger charge is 2.19. The molecule has 0 atom stereocenters. The third kappa shape index (κ3) is 2.74. The van der Waals surface area contributed by atoms with Crippen molar-refractivity contribution in [3.05, 3.63) is 29.7 Å². The molecule has 20 heavy (non-hydrogen) atoms. The van der Waals surface area contributed by atoms with Gasteiger partial charge in [0.1, 0.15) is 0 Å². The van der Waals surface area contributed by atoms with E-state index >= 15 is 0 Å². The van der Waals surface area contributed by atoms with Crippen LogP contribution in [0.4, 0.5) is 5.82 Å². The second-order valence-electron chi connectivity index (χ2n) is 5.36. The number of aromatic amines is 1. The average Bonchev–Trinajstić information content (AvgIpc) is 3.12. The molecule has 106 valence electrons. The first-order valence-electron chi connectivity index (χ1n) is 7.04. The van der Waals surface area contributed by atoms with Gasteiger partial charge < -0.3 is 5.32 Å². The molecule has 0 aliphatic heterocycles. The zero-order valence-electron chi connectivity index (χ0n) is 11.6. The molecule has 0 radical (unpaired) electrons. The lowest BCUT2D eigenvalue weighted by atomic mass is 10.0. The Labute approximate surface area is 117 Å². The molecule has 1 fully saturated rings. The maximum atomic E-state index is 12.0. The van der Waals surface area contributed by atoms with Crippen LogP contribution in [0.2, 0.25) is 0 Å². The van der Waals surface area contributed by atoms with Gasteiger partial charge in [-0.2, -0.15) is 10.2 Å². The van der Waals surface area contributed by atoms with Crippen LogP contribution in [0.25, 0.3) is 0 Å². The predicted octanol–water partition coefficient (Wildman–Crippen LogP) is 1.98. The van der Waals surface area contributed by atoms with Crippen molar-refractivity contribution in [2.24, 2.45) is 7.05 Å². The van der Waals surface area contributed by atoms with Crippen molar-refractivity contribution in [1.82, 2.24) is 20.0 Å². The molecule has 0 spiro atoms. The molecule has 2 N–H and O–H groups in total. The Hall–Kier alpha value is -2.11. The molecule has 3 rings (SSSR count). The lowest BCUT2D eigenvalue weighted by Gasteiger charge is -2.04. The zero-order valence-corrected chi connectivity index (χ0v) is 11.6. The first kappa shape index (κ1) is 12.9. The predicted molar refractivity (Wildman–Crippen MR) is 75.3 cm³/mol. The minimum absolute atomic E-state index is 0.0712. The molecular weight excluding hydrogens is 254 g/mol. The van der Waals surface area contributed by atoms with Crippen LogP contribution in [0.3, 0.4) is 0 Å². The van der Waals surface area contributed by atoms with Gasteiger partial charge in [0.05, 0.1) is 6.42 Å². The SMILES string of the molecule is Cn1nccc1CC(=O)Nc1cc(C2CCCC2)[nH]n1. The Bertz CT molecular complexity index is 594. The number of carbonyl (C=O) groups excluding carboxylic acids is 1. The number of carbonyl (C=O) groups is 1. The van der Waals surface area contributed by atoms with Crippen molar-refractivity contribution in [2.45, 2.75) is 38.0 Å². The van der Waals surface area contributed by atoms with E-state index in [1.54, 1.807) is 10.9 Å². The van der Waals surface area contributed by atoms with Crippen molar-refractivity contribution < 1.29 is 4.79 Å². The highest BCUT2D eigenvalue weighted by atomic mass is 16.1. The molecule has 2 heterocycles. The normalized spacial score (nSPS) is 15.7. The lowest BCUT2D eigenvalue weighted by molar-refractivity contribution is -0.115. The van der Waals surface area contributed by atoms with Gasteiger partial charge in [-0.05, 0) is 18.9 Å². The summed E-state index contributed by atoms with van der Waals surface area (Å²) < 4.78 is 1.70. The summed E-state index contributed by atoms with van der Waals surface area (Å²) in [5, 5.41) is 14.1. The number of rotatable bonds is 4. The number of aryl methyl sites for hydroxylation is 1. The van der Waals surface area contributed by atoms with Crippen LogP contribution in [-0.4, -0.2) is 25.9 Å². The van der Waals surface area contributed by atoms with E-state index in [0.29, 0.717) is 18.2 Å². The summed E-state index contributed by atoms with van der Waals surface area (Å²) in [6, 6.07) is 3.80. The molecule has 0 bridgehead atoms. The van der Waals surface area contributed by atoms with Gasteiger partial charge in [-0.3, -0.25) is 14.6 Å². The highest BCUT2D eigenvalue weighted by molar-refractivity contribution is 5.91. The molecule has 1 saturated carbocycles. The Morgan fingerprint density at radius 1 is 1.50 bits per heavy atom. The number of hydrogen-bond acceptors (Lipinski definition) is 3. The minimum Gasteiger partial charge on any atom is -0.309 e. The Balaban J connectivity index is 1.60. The first-order chi connectivity index (χ1) is 9.72. The summed E-state index contributed by atoms with van der Waals surface area (Å²) in [6.07, 6.45) is 6.99. The summed E-state index contributed by atoms with van der Waals surface area (Å²) >= 11 is 0. The standard InChI is InChI=1S/C14H19N5O/c1-19-11(6-7-15-19)8-14(20)16-13-9-12(17-18-13)10-4-2-3-5-10/h6-7,9-10H,2-5,8H2,1H3,(H2,16,17,18,20). The van der Waals surface area contributed by atoms with Crippen LogP contribution in [0.5, 0.6) is 0 Å². The van der Waals surface area contributed by atoms with Crippen LogP contribution in [-0.2, 0) is 18.3 Å². The van der Waals surface area contributed by atoms with E-state index in [1.165, 1.54) is 25.7 Å². The van der Waals surface area contributed by atoms with Crippen molar-refractivity contribution in [1.29, 1.82) is 0 Å². The number of anilines is 1. The second kappa shape index (κ2) is 5.48. The van der Waals surface area contributed by atoms with Gasteiger partial charge in [0.25, 0.3) is 0 Å². The summed E-state index contributed by atoms with van der Waals surface area (Å²) in [5.74, 6) is 1.11. The van der Waals surface area contributed by atoms with Gasteiger partial charge >= 0.3 is 0 Å². The maximum absolute atomic E-state index is 12.0. The van der Waals surface area contributed by atoms with Crippen LogP contribution < -0.4 is 5.32 Å². The molecular formula is C14H19N5O. The van der Waals surface area contributed by atoms with Crippen LogP contribution in [0, 0.1) is 0 Å². The van der Waals surface area contributed by atoms with Crippen molar-refractivity contribution in [3.8, 4) is 0 Å². The van der Waals surface area contributed by atoms with Gasteiger partial charge in [-0.15, -0.1) is 0 Å². The molecule has 6 nitrogen and oxygen atoms in total. The van der Waals surface area contributed by atoms with E-state index in [9.17, 15) is 4.79 Å². The maximum Gasteiger partial charge on any atom is 0.231 e. The molecule has 1 aliphatic carbocycles. The summed E-state index contributed by atoms with van der Waals surface area (Å²) in [7, 11) is 1.83. The fraction of sp³-hybridized carbons (Fsp3) is 0.500. The minimum atomic E-state index is -0.0712. The number of aromatic nitrogens is 4. The molecule has 1 aliphatic rings. The lowest BCUT2D eigenvalue weighted by Crippen LogP contribution is -2.16. The van der Waals surface area contributed by atoms with E-state index in [2.05, 4.69) is 20.6 Å². The Morgan fingerprint density at radius 2 is 2.30 bits per heavy atom. The van der Waals surface area contributed by atoms with Crippen LogP contribution in [0.15, 0.2) is 18.3 Å². The van der Waals surface area contributed by atoms with Gasteiger partial charge in [-0.25, -0.2) is 0 Å². The van der Waals surface area contributed by atoms with Crippen LogP contribution >= 0.6 is 0 Å². The quantitative estimate of drug-likeness (QED) is 0.894. The monoisotopic (exact) mass is 273 g/mol. The van der Waals surface area contributed by atoms with E-state index in [-0.39, 0.29) is 5.91 Å². The molecule has 2 aromatic rings. The Morgan fingerprint density at radius 3 is 3.00 bits per heavy atom. The van der Waals surface area contributed by atoms with E-state index in [4.69, 9.17) is 0 Å². The fourth-order valence-corrected chi connectivity index (χ4v) is 2.77. The van der Waals surface area contributed by atoms with E-state index in [1.807, 2.05) is 19.2 Å². The molecule has 1 amide bonds. The zero-order chi connectivity index (χ0) is 13.9. The first-order valence-corrected chi connectivity index (χ1v) is 7.04. The molecule has 0 saturated heterocycles. The van der Waals surface area contributed by atoms with Crippen molar-refractivity contribution >= 4 is 11.7 Å². The van der Waals surface area contributed by atoms with E-state index < -0.39 is 0 Å². The average molecular weight is 273 g/mol. The van der Waals surface area contributed by atoms with Gasteiger partial charge in [0, 0.05) is 36.6 Å². The summed E-state index contributed by atoms with van der Waals surface area (Å²) in [5.41, 5.74) is 2.02. The third-order valence-corrected chi connectivity index (χ3v) is 3.92. The number of H-pyrrole nitrogens is 1. The Kier molecular flexibility index (Phi) is 3.54. The molecule has 0 unspecified atom stereocenters. The number of nitrogens with one attached hydrogen (secondary N) is 2. The van der Waals surface area contributed by atoms with Gasteiger partial charge in [0.2, 0.25) is 5.91 Å². The highest BCUT2D eigenvalue weighted by Crippen LogP contribution is 2.33. The largest absolute Gasteiger partial charge is 0.309 e. The van der Waals surface area contributed by atoms with Crippen molar-refractivity contribution in [3.63, 3.8) is 0 Å². The van der Waals surface area contributed by atoms with E-state index in [0.717, 1.165) is 11.4 Å². The third-order valence-electron chi connectivity index (χ3n) is 3.92. The topological polar surface area (TPSA) is 75.6 Å². The number of amides is 1. The smallest absolute Gasteiger partial charge is 0.231 e. The van der Waals surface area contributed by atoms with Gasteiger partial charge in [0.15, 0.2) is 5.82 Å². The summed E-state index contributed by atoms with van der Waals surface area (Å²) in [6.45, 7) is 0. The molecule has 6 heteroatoms. The van der Waals surface area contributed by atoms with Crippen LogP contribution in [0.1, 0.15) is 43.0 Å². The number of hydrogen-bond donors (Lipinski definition) is 2.